The zero-order valence-corrected chi connectivity index (χ0v) is 17.6. The van der Waals surface area contributed by atoms with Gasteiger partial charge in [-0.25, -0.2) is 14.4 Å². The number of hydrogen-bond acceptors (Lipinski definition) is 6. The Morgan fingerprint density at radius 2 is 2.10 bits per heavy atom. The summed E-state index contributed by atoms with van der Waals surface area (Å²) in [6.45, 7) is 2.82. The van der Waals surface area contributed by atoms with E-state index >= 15 is 0 Å². The van der Waals surface area contributed by atoms with Gasteiger partial charge in [0.15, 0.2) is 17.2 Å². The molecule has 0 radical (unpaired) electrons. The van der Waals surface area contributed by atoms with Gasteiger partial charge in [0.1, 0.15) is 5.52 Å². The van der Waals surface area contributed by atoms with Gasteiger partial charge in [0.2, 0.25) is 0 Å². The first-order valence-corrected chi connectivity index (χ1v) is 10.6. The van der Waals surface area contributed by atoms with Gasteiger partial charge in [-0.3, -0.25) is 4.68 Å². The van der Waals surface area contributed by atoms with E-state index in [0.717, 1.165) is 30.7 Å². The van der Waals surface area contributed by atoms with Crippen LogP contribution in [-0.4, -0.2) is 50.0 Å². The Hall–Kier alpha value is -2.97. The van der Waals surface area contributed by atoms with Crippen molar-refractivity contribution >= 4 is 39.2 Å². The number of aryl methyl sites for hydroxylation is 1. The minimum atomic E-state index is -0.776. The molecule has 2 aliphatic rings. The van der Waals surface area contributed by atoms with Gasteiger partial charge in [0, 0.05) is 54.8 Å². The number of benzene rings is 1. The second kappa shape index (κ2) is 6.51. The highest BCUT2D eigenvalue weighted by molar-refractivity contribution is 6.35. The van der Waals surface area contributed by atoms with Crippen molar-refractivity contribution in [3.05, 3.63) is 41.4 Å². The van der Waals surface area contributed by atoms with Crippen molar-refractivity contribution < 1.29 is 9.50 Å². The molecule has 1 saturated heterocycles. The first kappa shape index (κ1) is 18.8. The highest BCUT2D eigenvalue weighted by Crippen LogP contribution is 2.40. The molecule has 7 nitrogen and oxygen atoms in total. The number of pyridine rings is 2. The van der Waals surface area contributed by atoms with Crippen molar-refractivity contribution in [3.63, 3.8) is 0 Å². The van der Waals surface area contributed by atoms with Gasteiger partial charge >= 0.3 is 0 Å². The molecule has 4 aromatic rings. The summed E-state index contributed by atoms with van der Waals surface area (Å²) in [5, 5.41) is 19.9. The van der Waals surface area contributed by atoms with Crippen LogP contribution >= 0.6 is 11.6 Å². The third-order valence-electron chi connectivity index (χ3n) is 6.30. The van der Waals surface area contributed by atoms with Crippen molar-refractivity contribution in [1.82, 2.24) is 25.1 Å². The Labute approximate surface area is 182 Å². The number of phenolic OH excluding ortho intramolecular Hbond substituents is 1. The van der Waals surface area contributed by atoms with E-state index in [2.05, 4.69) is 25.3 Å². The SMILES string of the molecule is Cn1cc2cc(-c3cc(Cl)c4cc(N5CCNC6(CC6)C5)cnc4n3)c(O)c(F)c2n1. The van der Waals surface area contributed by atoms with Crippen LogP contribution in [0.5, 0.6) is 5.75 Å². The average Bonchev–Trinajstić information content (AvgIpc) is 3.38. The van der Waals surface area contributed by atoms with E-state index in [9.17, 15) is 9.50 Å². The summed E-state index contributed by atoms with van der Waals surface area (Å²) in [4.78, 5) is 11.4. The Morgan fingerprint density at radius 1 is 1.26 bits per heavy atom. The van der Waals surface area contributed by atoms with Crippen LogP contribution in [0.2, 0.25) is 5.02 Å². The predicted molar refractivity (Wildman–Crippen MR) is 118 cm³/mol. The fourth-order valence-electron chi connectivity index (χ4n) is 4.46. The molecule has 9 heteroatoms. The number of phenols is 1. The van der Waals surface area contributed by atoms with Crippen LogP contribution in [0.4, 0.5) is 10.1 Å². The molecule has 0 unspecified atom stereocenters. The summed E-state index contributed by atoms with van der Waals surface area (Å²) in [6, 6.07) is 5.31. The summed E-state index contributed by atoms with van der Waals surface area (Å²) in [5.74, 6) is -1.27. The molecule has 158 valence electrons. The Morgan fingerprint density at radius 3 is 2.90 bits per heavy atom. The Bertz CT molecular complexity index is 1370. The van der Waals surface area contributed by atoms with Crippen LogP contribution < -0.4 is 10.2 Å². The maximum Gasteiger partial charge on any atom is 0.193 e. The molecule has 1 aliphatic heterocycles. The number of fused-ring (bicyclic) bond motifs is 2. The molecule has 2 fully saturated rings. The van der Waals surface area contributed by atoms with Gasteiger partial charge in [-0.2, -0.15) is 5.10 Å². The van der Waals surface area contributed by atoms with Gasteiger partial charge in [-0.15, -0.1) is 0 Å². The number of rotatable bonds is 2. The first-order valence-electron chi connectivity index (χ1n) is 10.2. The maximum atomic E-state index is 14.7. The number of piperazine rings is 1. The zero-order valence-electron chi connectivity index (χ0n) is 16.9. The number of nitrogens with zero attached hydrogens (tertiary/aromatic N) is 5. The standard InChI is InChI=1S/C22H20ClFN6O/c1-29-10-12-6-15(20(31)18(24)19(12)28-29)17-8-16(23)14-7-13(9-25-21(14)27-17)30-5-4-26-22(11-30)2-3-22/h6-10,26,31H,2-5,11H2,1H3. The molecule has 0 bridgehead atoms. The van der Waals surface area contributed by atoms with Crippen LogP contribution in [0.1, 0.15) is 12.8 Å². The monoisotopic (exact) mass is 438 g/mol. The summed E-state index contributed by atoms with van der Waals surface area (Å²) in [6.07, 6.45) is 5.91. The molecule has 6 rings (SSSR count). The smallest absolute Gasteiger partial charge is 0.193 e. The van der Waals surface area contributed by atoms with Gasteiger partial charge < -0.3 is 15.3 Å². The summed E-state index contributed by atoms with van der Waals surface area (Å²) in [5.41, 5.74) is 2.45. The van der Waals surface area contributed by atoms with Gasteiger partial charge in [0.05, 0.1) is 22.6 Å². The lowest BCUT2D eigenvalue weighted by molar-refractivity contribution is 0.437. The van der Waals surface area contributed by atoms with Crippen molar-refractivity contribution in [3.8, 4) is 17.0 Å². The van der Waals surface area contributed by atoms with Crippen LogP contribution in [0, 0.1) is 5.82 Å². The Kier molecular flexibility index (Phi) is 3.94. The molecular formula is C22H20ClFN6O. The van der Waals surface area contributed by atoms with E-state index in [1.807, 2.05) is 12.3 Å². The summed E-state index contributed by atoms with van der Waals surface area (Å²) >= 11 is 6.60. The molecule has 1 aromatic carbocycles. The second-order valence-electron chi connectivity index (χ2n) is 8.51. The van der Waals surface area contributed by atoms with Gasteiger partial charge in [0.25, 0.3) is 0 Å². The molecule has 1 saturated carbocycles. The summed E-state index contributed by atoms with van der Waals surface area (Å²) < 4.78 is 16.2. The van der Waals surface area contributed by atoms with Crippen molar-refractivity contribution in [2.75, 3.05) is 24.5 Å². The zero-order chi connectivity index (χ0) is 21.3. The van der Waals surface area contributed by atoms with E-state index in [0.29, 0.717) is 21.7 Å². The lowest BCUT2D eigenvalue weighted by atomic mass is 10.1. The lowest BCUT2D eigenvalue weighted by Gasteiger charge is -2.35. The summed E-state index contributed by atoms with van der Waals surface area (Å²) in [7, 11) is 1.70. The van der Waals surface area contributed by atoms with E-state index in [1.54, 1.807) is 25.4 Å². The normalized spacial score (nSPS) is 17.7. The van der Waals surface area contributed by atoms with Gasteiger partial charge in [-0.1, -0.05) is 11.6 Å². The number of aromatic hydroxyl groups is 1. The van der Waals surface area contributed by atoms with E-state index in [1.165, 1.54) is 17.5 Å². The fraction of sp³-hybridized carbons (Fsp3) is 0.318. The van der Waals surface area contributed by atoms with E-state index < -0.39 is 11.6 Å². The third kappa shape index (κ3) is 3.01. The minimum absolute atomic E-state index is 0.114. The van der Waals surface area contributed by atoms with Crippen molar-refractivity contribution in [2.45, 2.75) is 18.4 Å². The van der Waals surface area contributed by atoms with E-state index in [4.69, 9.17) is 11.6 Å². The molecule has 1 spiro atoms. The van der Waals surface area contributed by atoms with Crippen molar-refractivity contribution in [1.29, 1.82) is 0 Å². The lowest BCUT2D eigenvalue weighted by Crippen LogP contribution is -2.52. The van der Waals surface area contributed by atoms with Crippen LogP contribution in [0.25, 0.3) is 33.2 Å². The molecule has 1 aliphatic carbocycles. The fourth-order valence-corrected chi connectivity index (χ4v) is 4.70. The number of nitrogens with one attached hydrogen (secondary N) is 1. The first-order chi connectivity index (χ1) is 14.9. The molecule has 4 heterocycles. The van der Waals surface area contributed by atoms with Crippen LogP contribution in [0.15, 0.2) is 30.6 Å². The number of hydrogen-bond donors (Lipinski definition) is 2. The van der Waals surface area contributed by atoms with Crippen LogP contribution in [-0.2, 0) is 7.05 Å². The quantitative estimate of drug-likeness (QED) is 0.497. The molecule has 31 heavy (non-hydrogen) atoms. The van der Waals surface area contributed by atoms with Crippen molar-refractivity contribution in [2.24, 2.45) is 7.05 Å². The maximum absolute atomic E-state index is 14.7. The number of aromatic nitrogens is 4. The number of halogens is 2. The molecule has 3 aromatic heterocycles. The van der Waals surface area contributed by atoms with Gasteiger partial charge in [-0.05, 0) is 31.0 Å². The molecular weight excluding hydrogens is 419 g/mol. The molecule has 0 atom stereocenters. The molecule has 2 N–H and O–H groups in total. The van der Waals surface area contributed by atoms with E-state index in [-0.39, 0.29) is 16.6 Å². The highest BCUT2D eigenvalue weighted by Gasteiger charge is 2.45. The average molecular weight is 439 g/mol. The Balaban J connectivity index is 1.43. The number of anilines is 1. The van der Waals surface area contributed by atoms with Crippen LogP contribution in [0.3, 0.4) is 0 Å². The molecule has 0 amide bonds. The second-order valence-corrected chi connectivity index (χ2v) is 8.92. The topological polar surface area (TPSA) is 79.1 Å². The minimum Gasteiger partial charge on any atom is -0.504 e. The third-order valence-corrected chi connectivity index (χ3v) is 6.61. The largest absolute Gasteiger partial charge is 0.504 e. The highest BCUT2D eigenvalue weighted by atomic mass is 35.5. The predicted octanol–water partition coefficient (Wildman–Crippen LogP) is 3.62.